The standard InChI is InChI=1S/C15H19N3O2/c1-2-17(13-4-3-5-14(19)10-13)8-9-18-11-12(16)6-7-15(18)20/h3-7,10-11,19H,2,8-9,16H2,1H3. The van der Waals surface area contributed by atoms with Crippen molar-refractivity contribution in [3.8, 4) is 5.75 Å². The second kappa shape index (κ2) is 6.14. The van der Waals surface area contributed by atoms with E-state index in [2.05, 4.69) is 4.90 Å². The first kappa shape index (κ1) is 14.0. The van der Waals surface area contributed by atoms with Crippen molar-refractivity contribution in [1.29, 1.82) is 0 Å². The largest absolute Gasteiger partial charge is 0.508 e. The molecule has 5 nitrogen and oxygen atoms in total. The van der Waals surface area contributed by atoms with E-state index in [9.17, 15) is 9.90 Å². The van der Waals surface area contributed by atoms with Gasteiger partial charge in [0.05, 0.1) is 0 Å². The average Bonchev–Trinajstić information content (AvgIpc) is 2.43. The van der Waals surface area contributed by atoms with Gasteiger partial charge in [-0.05, 0) is 25.1 Å². The lowest BCUT2D eigenvalue weighted by Gasteiger charge is -2.23. The summed E-state index contributed by atoms with van der Waals surface area (Å²) in [6, 6.07) is 10.2. The summed E-state index contributed by atoms with van der Waals surface area (Å²) in [5.74, 6) is 0.238. The molecule has 0 unspecified atom stereocenters. The Balaban J connectivity index is 2.11. The number of benzene rings is 1. The molecule has 0 fully saturated rings. The lowest BCUT2D eigenvalue weighted by atomic mass is 10.2. The molecule has 0 aliphatic heterocycles. The fraction of sp³-hybridized carbons (Fsp3) is 0.267. The third-order valence-electron chi connectivity index (χ3n) is 3.19. The lowest BCUT2D eigenvalue weighted by molar-refractivity contribution is 0.475. The summed E-state index contributed by atoms with van der Waals surface area (Å²) in [7, 11) is 0. The predicted octanol–water partition coefficient (Wildman–Crippen LogP) is 1.66. The summed E-state index contributed by atoms with van der Waals surface area (Å²) in [5, 5.41) is 9.52. The Morgan fingerprint density at radius 3 is 2.80 bits per heavy atom. The van der Waals surface area contributed by atoms with Crippen molar-refractivity contribution in [3.63, 3.8) is 0 Å². The predicted molar refractivity (Wildman–Crippen MR) is 81.1 cm³/mol. The van der Waals surface area contributed by atoms with E-state index in [1.54, 1.807) is 35.0 Å². The van der Waals surface area contributed by atoms with Crippen LogP contribution in [0.3, 0.4) is 0 Å². The summed E-state index contributed by atoms with van der Waals surface area (Å²) >= 11 is 0. The maximum Gasteiger partial charge on any atom is 0.250 e. The molecule has 2 rings (SSSR count). The zero-order chi connectivity index (χ0) is 14.5. The molecular weight excluding hydrogens is 254 g/mol. The van der Waals surface area contributed by atoms with Crippen molar-refractivity contribution in [2.45, 2.75) is 13.5 Å². The van der Waals surface area contributed by atoms with Gasteiger partial charge in [0, 0.05) is 49.3 Å². The van der Waals surface area contributed by atoms with Gasteiger partial charge in [-0.25, -0.2) is 0 Å². The molecule has 0 radical (unpaired) electrons. The quantitative estimate of drug-likeness (QED) is 0.869. The second-order valence-electron chi connectivity index (χ2n) is 4.59. The van der Waals surface area contributed by atoms with E-state index in [1.165, 1.54) is 6.07 Å². The first-order chi connectivity index (χ1) is 9.60. The zero-order valence-corrected chi connectivity index (χ0v) is 11.5. The summed E-state index contributed by atoms with van der Waals surface area (Å²) in [4.78, 5) is 13.8. The highest BCUT2D eigenvalue weighted by molar-refractivity contribution is 5.50. The topological polar surface area (TPSA) is 71.5 Å². The number of aromatic nitrogens is 1. The normalized spacial score (nSPS) is 10.4. The third-order valence-corrected chi connectivity index (χ3v) is 3.19. The van der Waals surface area contributed by atoms with E-state index in [0.717, 1.165) is 12.2 Å². The maximum atomic E-state index is 11.7. The molecule has 20 heavy (non-hydrogen) atoms. The van der Waals surface area contributed by atoms with Crippen molar-refractivity contribution in [3.05, 3.63) is 52.9 Å². The van der Waals surface area contributed by atoms with Gasteiger partial charge in [0.1, 0.15) is 5.75 Å². The Hall–Kier alpha value is -2.43. The Morgan fingerprint density at radius 2 is 2.10 bits per heavy atom. The molecular formula is C15H19N3O2. The third kappa shape index (κ3) is 3.32. The van der Waals surface area contributed by atoms with E-state index < -0.39 is 0 Å². The number of hydrogen-bond donors (Lipinski definition) is 2. The molecule has 106 valence electrons. The van der Waals surface area contributed by atoms with Gasteiger partial charge in [0.15, 0.2) is 0 Å². The van der Waals surface area contributed by atoms with E-state index in [0.29, 0.717) is 18.8 Å². The smallest absolute Gasteiger partial charge is 0.250 e. The van der Waals surface area contributed by atoms with E-state index in [-0.39, 0.29) is 11.3 Å². The molecule has 0 saturated heterocycles. The fourth-order valence-corrected chi connectivity index (χ4v) is 2.11. The van der Waals surface area contributed by atoms with Crippen LogP contribution in [0.4, 0.5) is 11.4 Å². The van der Waals surface area contributed by atoms with Crippen LogP contribution in [0.5, 0.6) is 5.75 Å². The highest BCUT2D eigenvalue weighted by Crippen LogP contribution is 2.19. The van der Waals surface area contributed by atoms with Gasteiger partial charge in [0.2, 0.25) is 0 Å². The Morgan fingerprint density at radius 1 is 1.30 bits per heavy atom. The van der Waals surface area contributed by atoms with E-state index in [1.807, 2.05) is 13.0 Å². The minimum Gasteiger partial charge on any atom is -0.508 e. The number of nitrogens with two attached hydrogens (primary N) is 1. The first-order valence-corrected chi connectivity index (χ1v) is 6.60. The van der Waals surface area contributed by atoms with Crippen molar-refractivity contribution >= 4 is 11.4 Å². The number of nitrogens with zero attached hydrogens (tertiary/aromatic N) is 2. The lowest BCUT2D eigenvalue weighted by Crippen LogP contribution is -2.30. The Kier molecular flexibility index (Phi) is 4.30. The van der Waals surface area contributed by atoms with Crippen LogP contribution in [0.1, 0.15) is 6.92 Å². The van der Waals surface area contributed by atoms with Crippen LogP contribution >= 0.6 is 0 Å². The molecule has 0 atom stereocenters. The molecule has 1 aromatic carbocycles. The summed E-state index contributed by atoms with van der Waals surface area (Å²) < 4.78 is 1.60. The van der Waals surface area contributed by atoms with Crippen LogP contribution in [0.25, 0.3) is 0 Å². The summed E-state index contributed by atoms with van der Waals surface area (Å²) in [6.07, 6.45) is 1.65. The molecule has 0 saturated carbocycles. The van der Waals surface area contributed by atoms with Crippen LogP contribution < -0.4 is 16.2 Å². The molecule has 0 spiro atoms. The minimum absolute atomic E-state index is 0.0637. The number of rotatable bonds is 5. The average molecular weight is 273 g/mol. The van der Waals surface area contributed by atoms with Gasteiger partial charge in [-0.3, -0.25) is 4.79 Å². The Labute approximate surface area is 117 Å². The van der Waals surface area contributed by atoms with Gasteiger partial charge >= 0.3 is 0 Å². The van der Waals surface area contributed by atoms with Crippen LogP contribution in [-0.2, 0) is 6.54 Å². The van der Waals surface area contributed by atoms with Crippen molar-refractivity contribution in [2.75, 3.05) is 23.7 Å². The number of hydrogen-bond acceptors (Lipinski definition) is 4. The van der Waals surface area contributed by atoms with Gasteiger partial charge in [0.25, 0.3) is 5.56 Å². The molecule has 5 heteroatoms. The zero-order valence-electron chi connectivity index (χ0n) is 11.5. The van der Waals surface area contributed by atoms with Gasteiger partial charge in [-0.2, -0.15) is 0 Å². The molecule has 2 aromatic rings. The van der Waals surface area contributed by atoms with E-state index in [4.69, 9.17) is 5.73 Å². The maximum absolute atomic E-state index is 11.7. The summed E-state index contributed by atoms with van der Waals surface area (Å²) in [6.45, 7) is 4.05. The number of likely N-dealkylation sites (N-methyl/N-ethyl adjacent to an activating group) is 1. The van der Waals surface area contributed by atoms with Gasteiger partial charge in [-0.15, -0.1) is 0 Å². The monoisotopic (exact) mass is 273 g/mol. The number of phenols is 1. The van der Waals surface area contributed by atoms with Crippen molar-refractivity contribution in [1.82, 2.24) is 4.57 Å². The van der Waals surface area contributed by atoms with Gasteiger partial charge < -0.3 is 20.3 Å². The molecule has 0 bridgehead atoms. The van der Waals surface area contributed by atoms with E-state index >= 15 is 0 Å². The van der Waals surface area contributed by atoms with Crippen LogP contribution in [-0.4, -0.2) is 22.8 Å². The number of phenolic OH excluding ortho intramolecular Hbond substituents is 1. The SMILES string of the molecule is CCN(CCn1cc(N)ccc1=O)c1cccc(O)c1. The first-order valence-electron chi connectivity index (χ1n) is 6.60. The highest BCUT2D eigenvalue weighted by Gasteiger charge is 2.06. The van der Waals surface area contributed by atoms with Crippen LogP contribution in [0, 0.1) is 0 Å². The molecule has 1 aromatic heterocycles. The number of anilines is 2. The summed E-state index contributed by atoms with van der Waals surface area (Å²) in [5.41, 5.74) is 7.14. The number of aromatic hydroxyl groups is 1. The second-order valence-corrected chi connectivity index (χ2v) is 4.59. The molecule has 3 N–H and O–H groups in total. The highest BCUT2D eigenvalue weighted by atomic mass is 16.3. The fourth-order valence-electron chi connectivity index (χ4n) is 2.11. The van der Waals surface area contributed by atoms with Crippen LogP contribution in [0.2, 0.25) is 0 Å². The van der Waals surface area contributed by atoms with Crippen LogP contribution in [0.15, 0.2) is 47.4 Å². The molecule has 0 aliphatic carbocycles. The molecule has 0 amide bonds. The minimum atomic E-state index is -0.0637. The number of pyridine rings is 1. The number of nitrogen functional groups attached to an aromatic ring is 1. The van der Waals surface area contributed by atoms with Gasteiger partial charge in [-0.1, -0.05) is 6.07 Å². The van der Waals surface area contributed by atoms with Crippen molar-refractivity contribution < 1.29 is 5.11 Å². The Bertz CT molecular complexity index is 637. The molecule has 1 heterocycles. The molecule has 0 aliphatic rings. The van der Waals surface area contributed by atoms with Crippen molar-refractivity contribution in [2.24, 2.45) is 0 Å².